The van der Waals surface area contributed by atoms with Crippen LogP contribution in [0.5, 0.6) is 5.75 Å². The molecule has 146 valence electrons. The van der Waals surface area contributed by atoms with Crippen LogP contribution in [-0.2, 0) is 17.9 Å². The summed E-state index contributed by atoms with van der Waals surface area (Å²) in [6, 6.07) is 23.8. The maximum absolute atomic E-state index is 13.2. The van der Waals surface area contributed by atoms with E-state index in [2.05, 4.69) is 5.32 Å². The van der Waals surface area contributed by atoms with Crippen molar-refractivity contribution in [2.45, 2.75) is 19.1 Å². The van der Waals surface area contributed by atoms with Gasteiger partial charge in [-0.15, -0.1) is 0 Å². The number of ether oxygens (including phenoxy) is 1. The predicted molar refractivity (Wildman–Crippen MR) is 110 cm³/mol. The van der Waals surface area contributed by atoms with Gasteiger partial charge in [0.2, 0.25) is 5.91 Å². The summed E-state index contributed by atoms with van der Waals surface area (Å²) in [7, 11) is 1.62. The molecule has 0 spiro atoms. The summed E-state index contributed by atoms with van der Waals surface area (Å²) >= 11 is 0. The van der Waals surface area contributed by atoms with Crippen LogP contribution in [0.15, 0.2) is 78.9 Å². The van der Waals surface area contributed by atoms with Crippen LogP contribution in [0.25, 0.3) is 0 Å². The summed E-state index contributed by atoms with van der Waals surface area (Å²) in [5, 5.41) is 2.99. The van der Waals surface area contributed by atoms with Gasteiger partial charge < -0.3 is 15.0 Å². The summed E-state index contributed by atoms with van der Waals surface area (Å²) in [5.41, 5.74) is 3.36. The molecular formula is C24H22N2O3. The van der Waals surface area contributed by atoms with E-state index in [-0.39, 0.29) is 11.8 Å². The number of benzene rings is 3. The molecule has 0 aromatic heterocycles. The lowest BCUT2D eigenvalue weighted by Crippen LogP contribution is -2.40. The fourth-order valence-corrected chi connectivity index (χ4v) is 3.62. The van der Waals surface area contributed by atoms with E-state index < -0.39 is 6.04 Å². The van der Waals surface area contributed by atoms with Gasteiger partial charge >= 0.3 is 0 Å². The highest BCUT2D eigenvalue weighted by atomic mass is 16.5. The number of amides is 2. The summed E-state index contributed by atoms with van der Waals surface area (Å²) in [6.07, 6.45) is 0. The Morgan fingerprint density at radius 2 is 1.69 bits per heavy atom. The van der Waals surface area contributed by atoms with Gasteiger partial charge in [0.25, 0.3) is 5.91 Å². The molecule has 0 fully saturated rings. The van der Waals surface area contributed by atoms with Gasteiger partial charge in [-0.25, -0.2) is 0 Å². The first kappa shape index (κ1) is 18.7. The van der Waals surface area contributed by atoms with Crippen LogP contribution in [0, 0.1) is 0 Å². The van der Waals surface area contributed by atoms with E-state index in [4.69, 9.17) is 4.74 Å². The number of fused-ring (bicyclic) bond motifs is 1. The van der Waals surface area contributed by atoms with E-state index >= 15 is 0 Å². The summed E-state index contributed by atoms with van der Waals surface area (Å²) in [5.74, 6) is 0.449. The van der Waals surface area contributed by atoms with Crippen LogP contribution in [0.1, 0.15) is 33.1 Å². The summed E-state index contributed by atoms with van der Waals surface area (Å²) in [6.45, 7) is 0.797. The largest absolute Gasteiger partial charge is 0.497 e. The fraction of sp³-hybridized carbons (Fsp3) is 0.167. The lowest BCUT2D eigenvalue weighted by Gasteiger charge is -2.27. The van der Waals surface area contributed by atoms with Crippen molar-refractivity contribution in [3.63, 3.8) is 0 Å². The highest BCUT2D eigenvalue weighted by Crippen LogP contribution is 2.31. The molecule has 1 aliphatic heterocycles. The first-order valence-corrected chi connectivity index (χ1v) is 9.52. The Kier molecular flexibility index (Phi) is 5.29. The number of hydrogen-bond donors (Lipinski definition) is 1. The molecule has 0 aliphatic carbocycles. The minimum atomic E-state index is -0.686. The highest BCUT2D eigenvalue weighted by Gasteiger charge is 2.37. The maximum Gasteiger partial charge on any atom is 0.255 e. The van der Waals surface area contributed by atoms with Crippen LogP contribution >= 0.6 is 0 Å². The van der Waals surface area contributed by atoms with Crippen LogP contribution in [0.4, 0.5) is 0 Å². The quantitative estimate of drug-likeness (QED) is 0.703. The van der Waals surface area contributed by atoms with Gasteiger partial charge in [0.15, 0.2) is 0 Å². The van der Waals surface area contributed by atoms with Crippen molar-refractivity contribution in [1.29, 1.82) is 0 Å². The van der Waals surface area contributed by atoms with Crippen molar-refractivity contribution >= 4 is 11.8 Å². The third-order valence-corrected chi connectivity index (χ3v) is 5.15. The summed E-state index contributed by atoms with van der Waals surface area (Å²) in [4.78, 5) is 27.8. The SMILES string of the molecule is COc1ccc(CNC(=O)[C@H](c2ccccc2)N2Cc3ccccc3C2=O)cc1. The van der Waals surface area contributed by atoms with Crippen molar-refractivity contribution in [1.82, 2.24) is 10.2 Å². The van der Waals surface area contributed by atoms with Gasteiger partial charge in [0, 0.05) is 18.7 Å². The van der Waals surface area contributed by atoms with E-state index in [9.17, 15) is 9.59 Å². The molecule has 1 aliphatic rings. The van der Waals surface area contributed by atoms with Crippen LogP contribution in [0.3, 0.4) is 0 Å². The lowest BCUT2D eigenvalue weighted by molar-refractivity contribution is -0.126. The standard InChI is InChI=1S/C24H22N2O3/c1-29-20-13-11-17(12-14-20)15-25-23(27)22(18-7-3-2-4-8-18)26-16-19-9-5-6-10-21(19)24(26)28/h2-14,22H,15-16H2,1H3,(H,25,27)/t22-/m0/s1. The van der Waals surface area contributed by atoms with Crippen LogP contribution in [-0.4, -0.2) is 23.8 Å². The molecule has 0 unspecified atom stereocenters. The monoisotopic (exact) mass is 386 g/mol. The first-order chi connectivity index (χ1) is 14.2. The Morgan fingerprint density at radius 1 is 1.00 bits per heavy atom. The van der Waals surface area contributed by atoms with E-state index in [1.807, 2.05) is 78.9 Å². The smallest absolute Gasteiger partial charge is 0.255 e. The number of rotatable bonds is 6. The number of nitrogens with zero attached hydrogens (tertiary/aromatic N) is 1. The molecule has 29 heavy (non-hydrogen) atoms. The molecule has 5 nitrogen and oxygen atoms in total. The van der Waals surface area contributed by atoms with Gasteiger partial charge in [-0.2, -0.15) is 0 Å². The zero-order chi connectivity index (χ0) is 20.2. The van der Waals surface area contributed by atoms with Crippen molar-refractivity contribution < 1.29 is 14.3 Å². The number of methoxy groups -OCH3 is 1. The molecule has 0 bridgehead atoms. The van der Waals surface area contributed by atoms with Crippen molar-refractivity contribution in [3.05, 3.63) is 101 Å². The number of nitrogens with one attached hydrogen (secondary N) is 1. The molecule has 0 saturated heterocycles. The second-order valence-electron chi connectivity index (χ2n) is 6.97. The van der Waals surface area contributed by atoms with Gasteiger partial charge in [0.05, 0.1) is 7.11 Å². The second kappa shape index (κ2) is 8.19. The number of carbonyl (C=O) groups is 2. The van der Waals surface area contributed by atoms with Crippen LogP contribution < -0.4 is 10.1 Å². The van der Waals surface area contributed by atoms with E-state index in [0.29, 0.717) is 18.7 Å². The Hall–Kier alpha value is -3.60. The normalized spacial score (nSPS) is 13.7. The Labute approximate surface area is 169 Å². The molecule has 3 aromatic carbocycles. The third kappa shape index (κ3) is 3.85. The van der Waals surface area contributed by atoms with Gasteiger partial charge in [0.1, 0.15) is 11.8 Å². The number of carbonyl (C=O) groups excluding carboxylic acids is 2. The average Bonchev–Trinajstić information content (AvgIpc) is 3.10. The molecule has 2 amide bonds. The van der Waals surface area contributed by atoms with E-state index in [0.717, 1.165) is 22.4 Å². The maximum atomic E-state index is 13.2. The highest BCUT2D eigenvalue weighted by molar-refractivity contribution is 6.01. The Balaban J connectivity index is 1.56. The topological polar surface area (TPSA) is 58.6 Å². The molecule has 5 heteroatoms. The zero-order valence-electron chi connectivity index (χ0n) is 16.2. The fourth-order valence-electron chi connectivity index (χ4n) is 3.62. The minimum absolute atomic E-state index is 0.117. The van der Waals surface area contributed by atoms with Crippen molar-refractivity contribution in [2.75, 3.05) is 7.11 Å². The Bertz CT molecular complexity index is 1020. The van der Waals surface area contributed by atoms with Crippen LogP contribution in [0.2, 0.25) is 0 Å². The molecule has 3 aromatic rings. The van der Waals surface area contributed by atoms with Gasteiger partial charge in [-0.05, 0) is 34.9 Å². The average molecular weight is 386 g/mol. The Morgan fingerprint density at radius 3 is 2.38 bits per heavy atom. The molecular weight excluding hydrogens is 364 g/mol. The third-order valence-electron chi connectivity index (χ3n) is 5.15. The van der Waals surface area contributed by atoms with Crippen molar-refractivity contribution in [2.24, 2.45) is 0 Å². The van der Waals surface area contributed by atoms with E-state index in [1.54, 1.807) is 12.0 Å². The molecule has 0 saturated carbocycles. The molecule has 0 radical (unpaired) electrons. The molecule has 4 rings (SSSR count). The second-order valence-corrected chi connectivity index (χ2v) is 6.97. The minimum Gasteiger partial charge on any atom is -0.497 e. The molecule has 1 heterocycles. The number of hydrogen-bond acceptors (Lipinski definition) is 3. The zero-order valence-corrected chi connectivity index (χ0v) is 16.2. The molecule has 1 N–H and O–H groups in total. The first-order valence-electron chi connectivity index (χ1n) is 9.52. The summed E-state index contributed by atoms with van der Waals surface area (Å²) < 4.78 is 5.17. The lowest BCUT2D eigenvalue weighted by atomic mass is 10.0. The van der Waals surface area contributed by atoms with Gasteiger partial charge in [-0.3, -0.25) is 9.59 Å². The van der Waals surface area contributed by atoms with E-state index in [1.165, 1.54) is 0 Å². The predicted octanol–water partition coefficient (Wildman–Crippen LogP) is 3.71. The van der Waals surface area contributed by atoms with Crippen molar-refractivity contribution in [3.8, 4) is 5.75 Å². The molecule has 1 atom stereocenters. The van der Waals surface area contributed by atoms with Gasteiger partial charge in [-0.1, -0.05) is 60.7 Å².